The van der Waals surface area contributed by atoms with E-state index >= 15 is 0 Å². The quantitative estimate of drug-likeness (QED) is 0.680. The van der Waals surface area contributed by atoms with Crippen LogP contribution in [0.5, 0.6) is 11.5 Å². The summed E-state index contributed by atoms with van der Waals surface area (Å²) >= 11 is 0. The number of ether oxygens (including phenoxy) is 1. The lowest BCUT2D eigenvalue weighted by Crippen LogP contribution is -2.00. The van der Waals surface area contributed by atoms with Crippen LogP contribution in [-0.2, 0) is 0 Å². The fourth-order valence-electron chi connectivity index (χ4n) is 2.23. The molecular formula is C16H17NO4. The Bertz CT molecular complexity index is 680. The topological polar surface area (TPSA) is 72.6 Å². The molecule has 0 radical (unpaired) electrons. The summed E-state index contributed by atoms with van der Waals surface area (Å²) in [4.78, 5) is 10.8. The van der Waals surface area contributed by atoms with Crippen LogP contribution in [0.1, 0.15) is 29.7 Å². The Balaban J connectivity index is 2.52. The van der Waals surface area contributed by atoms with Gasteiger partial charge in [0, 0.05) is 11.6 Å². The van der Waals surface area contributed by atoms with Gasteiger partial charge >= 0.3 is 5.69 Å². The zero-order valence-corrected chi connectivity index (χ0v) is 12.2. The summed E-state index contributed by atoms with van der Waals surface area (Å²) in [7, 11) is 0. The van der Waals surface area contributed by atoms with Crippen LogP contribution in [-0.4, -0.2) is 10.0 Å². The first-order valence-corrected chi connectivity index (χ1v) is 6.60. The molecule has 110 valence electrons. The fourth-order valence-corrected chi connectivity index (χ4v) is 2.23. The van der Waals surface area contributed by atoms with Crippen molar-refractivity contribution in [2.75, 3.05) is 0 Å². The average molecular weight is 287 g/mol. The molecule has 0 saturated carbocycles. The Labute approximate surface area is 123 Å². The number of nitrogens with zero attached hydrogens (tertiary/aromatic N) is 1. The number of aryl methyl sites for hydroxylation is 2. The van der Waals surface area contributed by atoms with Gasteiger partial charge in [-0.25, -0.2) is 0 Å². The number of para-hydroxylation sites is 1. The highest BCUT2D eigenvalue weighted by Gasteiger charge is 2.20. The van der Waals surface area contributed by atoms with Crippen molar-refractivity contribution in [1.82, 2.24) is 0 Å². The third kappa shape index (κ3) is 3.20. The van der Waals surface area contributed by atoms with Crippen molar-refractivity contribution in [2.24, 2.45) is 0 Å². The lowest BCUT2D eigenvalue weighted by molar-refractivity contribution is -0.385. The molecule has 0 spiro atoms. The van der Waals surface area contributed by atoms with Crippen molar-refractivity contribution in [2.45, 2.75) is 26.9 Å². The largest absolute Gasteiger partial charge is 0.449 e. The van der Waals surface area contributed by atoms with E-state index in [1.54, 1.807) is 45.0 Å². The molecule has 5 heteroatoms. The molecule has 0 saturated heterocycles. The van der Waals surface area contributed by atoms with E-state index in [2.05, 4.69) is 0 Å². The molecule has 2 aromatic carbocycles. The van der Waals surface area contributed by atoms with Crippen molar-refractivity contribution >= 4 is 5.69 Å². The zero-order valence-electron chi connectivity index (χ0n) is 12.2. The number of hydrogen-bond acceptors (Lipinski definition) is 4. The first kappa shape index (κ1) is 15.0. The molecule has 1 N–H and O–H groups in total. The lowest BCUT2D eigenvalue weighted by Gasteiger charge is -2.14. The Morgan fingerprint density at radius 2 is 1.90 bits per heavy atom. The van der Waals surface area contributed by atoms with Crippen LogP contribution >= 0.6 is 0 Å². The number of nitro benzene ring substituents is 1. The van der Waals surface area contributed by atoms with E-state index in [4.69, 9.17) is 4.74 Å². The first-order valence-electron chi connectivity index (χ1n) is 6.60. The summed E-state index contributed by atoms with van der Waals surface area (Å²) in [6.07, 6.45) is -0.717. The van der Waals surface area contributed by atoms with Gasteiger partial charge in [0.1, 0.15) is 5.75 Å². The first-order chi connectivity index (χ1) is 9.90. The van der Waals surface area contributed by atoms with E-state index in [9.17, 15) is 15.2 Å². The van der Waals surface area contributed by atoms with Crippen LogP contribution in [0.3, 0.4) is 0 Å². The lowest BCUT2D eigenvalue weighted by atomic mass is 10.1. The molecule has 5 nitrogen and oxygen atoms in total. The van der Waals surface area contributed by atoms with E-state index < -0.39 is 11.0 Å². The minimum atomic E-state index is -0.717. The third-order valence-electron chi connectivity index (χ3n) is 3.18. The summed E-state index contributed by atoms with van der Waals surface area (Å²) < 4.78 is 5.75. The maximum Gasteiger partial charge on any atom is 0.312 e. The zero-order chi connectivity index (χ0) is 15.6. The standard InChI is InChI=1S/C16H17NO4/c1-10-8-11(2)16(14(9-10)17(19)20)21-15-7-5-4-6-13(15)12(3)18/h4-9,12,18H,1-3H3. The maximum absolute atomic E-state index is 11.2. The molecule has 2 rings (SSSR count). The van der Waals surface area contributed by atoms with Crippen LogP contribution in [0.4, 0.5) is 5.69 Å². The summed E-state index contributed by atoms with van der Waals surface area (Å²) in [6, 6.07) is 10.3. The van der Waals surface area contributed by atoms with Crippen molar-refractivity contribution in [3.63, 3.8) is 0 Å². The van der Waals surface area contributed by atoms with Crippen LogP contribution < -0.4 is 4.74 Å². The van der Waals surface area contributed by atoms with E-state index in [1.165, 1.54) is 6.07 Å². The van der Waals surface area contributed by atoms with Gasteiger partial charge in [0.05, 0.1) is 11.0 Å². The Kier molecular flexibility index (Phi) is 4.23. The van der Waals surface area contributed by atoms with Gasteiger partial charge in [-0.05, 0) is 38.0 Å². The number of aliphatic hydroxyl groups is 1. The van der Waals surface area contributed by atoms with Crippen LogP contribution in [0.25, 0.3) is 0 Å². The van der Waals surface area contributed by atoms with Crippen molar-refractivity contribution in [3.05, 3.63) is 63.2 Å². The van der Waals surface area contributed by atoms with Crippen LogP contribution in [0.2, 0.25) is 0 Å². The van der Waals surface area contributed by atoms with Crippen LogP contribution in [0, 0.1) is 24.0 Å². The highest BCUT2D eigenvalue weighted by Crippen LogP contribution is 2.37. The van der Waals surface area contributed by atoms with Gasteiger partial charge in [-0.2, -0.15) is 0 Å². The number of aliphatic hydroxyl groups excluding tert-OH is 1. The van der Waals surface area contributed by atoms with E-state index in [0.717, 1.165) is 5.56 Å². The molecule has 1 unspecified atom stereocenters. The SMILES string of the molecule is Cc1cc(C)c(Oc2ccccc2C(C)O)c([N+](=O)[O-])c1. The van der Waals surface area contributed by atoms with Gasteiger partial charge in [-0.3, -0.25) is 10.1 Å². The molecule has 0 aliphatic rings. The third-order valence-corrected chi connectivity index (χ3v) is 3.18. The van der Waals surface area contributed by atoms with Crippen molar-refractivity contribution in [3.8, 4) is 11.5 Å². The highest BCUT2D eigenvalue weighted by molar-refractivity contribution is 5.56. The fraction of sp³-hybridized carbons (Fsp3) is 0.250. The normalized spacial score (nSPS) is 12.0. The molecule has 2 aromatic rings. The molecule has 0 amide bonds. The Morgan fingerprint density at radius 3 is 2.52 bits per heavy atom. The second-order valence-corrected chi connectivity index (χ2v) is 5.00. The molecule has 0 bridgehead atoms. The second-order valence-electron chi connectivity index (χ2n) is 5.00. The van der Waals surface area contributed by atoms with Crippen molar-refractivity contribution in [1.29, 1.82) is 0 Å². The van der Waals surface area contributed by atoms with E-state index in [1.807, 2.05) is 6.07 Å². The average Bonchev–Trinajstić information content (AvgIpc) is 2.41. The summed E-state index contributed by atoms with van der Waals surface area (Å²) in [5.74, 6) is 0.626. The van der Waals surface area contributed by atoms with E-state index in [-0.39, 0.29) is 11.4 Å². The summed E-state index contributed by atoms with van der Waals surface area (Å²) in [6.45, 7) is 5.19. The number of nitro groups is 1. The Morgan fingerprint density at radius 1 is 1.24 bits per heavy atom. The molecule has 0 fully saturated rings. The molecule has 0 heterocycles. The molecule has 1 atom stereocenters. The number of hydrogen-bond donors (Lipinski definition) is 1. The maximum atomic E-state index is 11.2. The van der Waals surface area contributed by atoms with Gasteiger partial charge in [0.2, 0.25) is 5.75 Å². The molecule has 0 aromatic heterocycles. The van der Waals surface area contributed by atoms with Gasteiger partial charge in [0.25, 0.3) is 0 Å². The Hall–Kier alpha value is -2.40. The van der Waals surface area contributed by atoms with Crippen molar-refractivity contribution < 1.29 is 14.8 Å². The molecular weight excluding hydrogens is 270 g/mol. The van der Waals surface area contributed by atoms with E-state index in [0.29, 0.717) is 16.9 Å². The minimum Gasteiger partial charge on any atom is -0.449 e. The number of benzene rings is 2. The predicted molar refractivity (Wildman–Crippen MR) is 79.7 cm³/mol. The molecule has 0 aliphatic heterocycles. The van der Waals surface area contributed by atoms with Crippen LogP contribution in [0.15, 0.2) is 36.4 Å². The smallest absolute Gasteiger partial charge is 0.312 e. The second kappa shape index (κ2) is 5.93. The van der Waals surface area contributed by atoms with Gasteiger partial charge in [0.15, 0.2) is 0 Å². The summed E-state index contributed by atoms with van der Waals surface area (Å²) in [5, 5.41) is 21.0. The highest BCUT2D eigenvalue weighted by atomic mass is 16.6. The molecule has 0 aliphatic carbocycles. The monoisotopic (exact) mass is 287 g/mol. The van der Waals surface area contributed by atoms with Gasteiger partial charge in [-0.15, -0.1) is 0 Å². The predicted octanol–water partition coefficient (Wildman–Crippen LogP) is 4.06. The minimum absolute atomic E-state index is 0.0760. The van der Waals surface area contributed by atoms with Gasteiger partial charge < -0.3 is 9.84 Å². The molecule has 21 heavy (non-hydrogen) atoms. The van der Waals surface area contributed by atoms with Gasteiger partial charge in [-0.1, -0.05) is 24.3 Å². The number of rotatable bonds is 4. The summed E-state index contributed by atoms with van der Waals surface area (Å²) in [5.41, 5.74) is 2.00.